The zero-order valence-electron chi connectivity index (χ0n) is 26.5. The second-order valence-electron chi connectivity index (χ2n) is 14.5. The zero-order valence-corrected chi connectivity index (χ0v) is 28.5. The quantitative estimate of drug-likeness (QED) is 0.159. The van der Waals surface area contributed by atoms with E-state index in [1.807, 2.05) is 31.2 Å². The van der Waals surface area contributed by atoms with Crippen LogP contribution in [0.25, 0.3) is 0 Å². The van der Waals surface area contributed by atoms with Gasteiger partial charge in [-0.1, -0.05) is 84.9 Å². The van der Waals surface area contributed by atoms with Crippen molar-refractivity contribution in [1.29, 1.82) is 0 Å². The number of benzene rings is 1. The van der Waals surface area contributed by atoms with Crippen molar-refractivity contribution < 1.29 is 23.5 Å². The number of hydrogen-bond acceptors (Lipinski definition) is 5. The smallest absolute Gasteiger partial charge is 0.316 e. The SMILES string of the molecule is CCOC(=O)Cc1ccc(C(C)(CCCC(C)(C)CO[Si](C)(C)C(C)(C)C)C(=O)OCC[Si](C)(C)C)cc1. The Morgan fingerprint density at radius 1 is 0.842 bits per heavy atom. The van der Waals surface area contributed by atoms with Gasteiger partial charge < -0.3 is 13.9 Å². The molecule has 1 unspecified atom stereocenters. The molecule has 0 bridgehead atoms. The van der Waals surface area contributed by atoms with Crippen molar-refractivity contribution in [3.63, 3.8) is 0 Å². The van der Waals surface area contributed by atoms with Crippen molar-refractivity contribution in [2.45, 2.75) is 123 Å². The molecule has 1 aromatic rings. The summed E-state index contributed by atoms with van der Waals surface area (Å²) in [6.07, 6.45) is 2.77. The molecule has 0 heterocycles. The molecule has 0 saturated carbocycles. The Balaban J connectivity index is 3.01. The zero-order chi connectivity index (χ0) is 29.4. The summed E-state index contributed by atoms with van der Waals surface area (Å²) in [7, 11) is -3.13. The molecule has 0 aliphatic heterocycles. The maximum absolute atomic E-state index is 13.5. The van der Waals surface area contributed by atoms with E-state index < -0.39 is 21.8 Å². The molecule has 0 aliphatic rings. The van der Waals surface area contributed by atoms with Crippen LogP contribution in [0.3, 0.4) is 0 Å². The van der Waals surface area contributed by atoms with Gasteiger partial charge in [-0.2, -0.15) is 0 Å². The fraction of sp³-hybridized carbons (Fsp3) is 0.742. The van der Waals surface area contributed by atoms with Gasteiger partial charge in [0.25, 0.3) is 0 Å². The highest BCUT2D eigenvalue weighted by Crippen LogP contribution is 2.39. The first kappa shape index (κ1) is 34.6. The van der Waals surface area contributed by atoms with Gasteiger partial charge in [-0.3, -0.25) is 9.59 Å². The number of rotatable bonds is 15. The molecule has 0 fully saturated rings. The third kappa shape index (κ3) is 11.3. The number of esters is 2. The molecular formula is C31H56O5Si2. The van der Waals surface area contributed by atoms with Crippen LogP contribution in [0.4, 0.5) is 0 Å². The second-order valence-corrected chi connectivity index (χ2v) is 25.0. The molecule has 5 nitrogen and oxygen atoms in total. The van der Waals surface area contributed by atoms with E-state index in [1.54, 1.807) is 6.92 Å². The van der Waals surface area contributed by atoms with Crippen LogP contribution in [0.15, 0.2) is 24.3 Å². The third-order valence-corrected chi connectivity index (χ3v) is 14.1. The van der Waals surface area contributed by atoms with Crippen LogP contribution in [-0.4, -0.2) is 48.2 Å². The van der Waals surface area contributed by atoms with Crippen LogP contribution < -0.4 is 0 Å². The molecule has 0 aromatic heterocycles. The highest BCUT2D eigenvalue weighted by molar-refractivity contribution is 6.76. The molecule has 1 rings (SSSR count). The van der Waals surface area contributed by atoms with Gasteiger partial charge in [-0.15, -0.1) is 0 Å². The minimum atomic E-state index is -1.82. The van der Waals surface area contributed by atoms with Gasteiger partial charge in [0.15, 0.2) is 8.32 Å². The minimum Gasteiger partial charge on any atom is -0.466 e. The summed E-state index contributed by atoms with van der Waals surface area (Å²) in [5.41, 5.74) is 1.07. The highest BCUT2D eigenvalue weighted by atomic mass is 28.4. The molecule has 0 amide bonds. The van der Waals surface area contributed by atoms with Crippen molar-refractivity contribution in [3.05, 3.63) is 35.4 Å². The van der Waals surface area contributed by atoms with E-state index in [4.69, 9.17) is 13.9 Å². The maximum Gasteiger partial charge on any atom is 0.316 e. The second kappa shape index (κ2) is 13.8. The predicted octanol–water partition coefficient (Wildman–Crippen LogP) is 8.15. The highest BCUT2D eigenvalue weighted by Gasteiger charge is 2.40. The Morgan fingerprint density at radius 3 is 1.92 bits per heavy atom. The molecule has 0 N–H and O–H groups in total. The van der Waals surface area contributed by atoms with Crippen LogP contribution in [0.2, 0.25) is 43.8 Å². The lowest BCUT2D eigenvalue weighted by molar-refractivity contribution is -0.150. The van der Waals surface area contributed by atoms with Gasteiger partial charge in [-0.25, -0.2) is 0 Å². The van der Waals surface area contributed by atoms with Crippen molar-refractivity contribution in [3.8, 4) is 0 Å². The van der Waals surface area contributed by atoms with E-state index in [0.717, 1.165) is 36.6 Å². The molecule has 38 heavy (non-hydrogen) atoms. The average Bonchev–Trinajstić information content (AvgIpc) is 2.76. The summed E-state index contributed by atoms with van der Waals surface area (Å²) in [4.78, 5) is 25.4. The summed E-state index contributed by atoms with van der Waals surface area (Å²) >= 11 is 0. The van der Waals surface area contributed by atoms with Crippen LogP contribution in [-0.2, 0) is 35.3 Å². The molecule has 0 radical (unpaired) electrons. The first-order chi connectivity index (χ1) is 17.2. The lowest BCUT2D eigenvalue weighted by Gasteiger charge is -2.39. The topological polar surface area (TPSA) is 61.8 Å². The maximum atomic E-state index is 13.5. The number of carbonyl (C=O) groups is 2. The summed E-state index contributed by atoms with van der Waals surface area (Å²) in [5, 5.41) is 0.181. The van der Waals surface area contributed by atoms with Gasteiger partial charge >= 0.3 is 11.9 Å². The van der Waals surface area contributed by atoms with Gasteiger partial charge in [0.05, 0.1) is 25.0 Å². The molecule has 7 heteroatoms. The van der Waals surface area contributed by atoms with Crippen LogP contribution in [0.5, 0.6) is 0 Å². The first-order valence-electron chi connectivity index (χ1n) is 14.3. The summed E-state index contributed by atoms with van der Waals surface area (Å²) in [6.45, 7) is 28.1. The van der Waals surface area contributed by atoms with Gasteiger partial charge in [0, 0.05) is 14.7 Å². The molecular weight excluding hydrogens is 509 g/mol. The molecule has 0 saturated heterocycles. The average molecular weight is 565 g/mol. The number of carbonyl (C=O) groups excluding carboxylic acids is 2. The summed E-state index contributed by atoms with van der Waals surface area (Å²) < 4.78 is 17.5. The Hall–Kier alpha value is -1.45. The van der Waals surface area contributed by atoms with Crippen molar-refractivity contribution >= 4 is 28.3 Å². The van der Waals surface area contributed by atoms with Crippen molar-refractivity contribution in [1.82, 2.24) is 0 Å². The van der Waals surface area contributed by atoms with E-state index in [1.165, 1.54) is 0 Å². The molecule has 218 valence electrons. The largest absolute Gasteiger partial charge is 0.466 e. The Bertz CT molecular complexity index is 894. The van der Waals surface area contributed by atoms with E-state index in [0.29, 0.717) is 19.6 Å². The van der Waals surface area contributed by atoms with E-state index in [9.17, 15) is 9.59 Å². The van der Waals surface area contributed by atoms with Crippen LogP contribution in [0.1, 0.15) is 78.9 Å². The Morgan fingerprint density at radius 2 is 1.42 bits per heavy atom. The van der Waals surface area contributed by atoms with Crippen LogP contribution in [0, 0.1) is 5.41 Å². The van der Waals surface area contributed by atoms with E-state index in [2.05, 4.69) is 67.4 Å². The summed E-state index contributed by atoms with van der Waals surface area (Å²) in [6, 6.07) is 8.75. The fourth-order valence-electron chi connectivity index (χ4n) is 3.93. The molecule has 1 atom stereocenters. The number of hydrogen-bond donors (Lipinski definition) is 0. The first-order valence-corrected chi connectivity index (χ1v) is 20.9. The van der Waals surface area contributed by atoms with Gasteiger partial charge in [-0.05, 0) is 67.4 Å². The predicted molar refractivity (Wildman–Crippen MR) is 164 cm³/mol. The Labute approximate surface area is 235 Å². The minimum absolute atomic E-state index is 0.0155. The standard InChI is InChI=1S/C31H56O5Si2/c1-13-34-27(32)23-25-15-17-26(18-16-25)31(7,28(33)35-21-22-37(8,9)10)20-14-19-30(5,6)24-36-38(11,12)29(2,3)4/h15-18H,13-14,19-24H2,1-12H3. The molecule has 1 aromatic carbocycles. The summed E-state index contributed by atoms with van der Waals surface area (Å²) in [5.74, 6) is -0.403. The monoisotopic (exact) mass is 564 g/mol. The van der Waals surface area contributed by atoms with Crippen LogP contribution >= 0.6 is 0 Å². The number of ether oxygens (including phenoxy) is 2. The third-order valence-electron chi connectivity index (χ3n) is 7.94. The van der Waals surface area contributed by atoms with Crippen molar-refractivity contribution in [2.75, 3.05) is 19.8 Å². The fourth-order valence-corrected chi connectivity index (χ4v) is 5.83. The van der Waals surface area contributed by atoms with E-state index in [-0.39, 0.29) is 28.8 Å². The van der Waals surface area contributed by atoms with Gasteiger partial charge in [0.1, 0.15) is 0 Å². The lowest BCUT2D eigenvalue weighted by Crippen LogP contribution is -2.43. The normalized spacial score (nSPS) is 14.6. The van der Waals surface area contributed by atoms with E-state index >= 15 is 0 Å². The van der Waals surface area contributed by atoms with Crippen molar-refractivity contribution in [2.24, 2.45) is 5.41 Å². The lowest BCUT2D eigenvalue weighted by atomic mass is 9.76. The van der Waals surface area contributed by atoms with Gasteiger partial charge in [0.2, 0.25) is 0 Å². The Kier molecular flexibility index (Phi) is 12.5. The molecule has 0 spiro atoms. The molecule has 0 aliphatic carbocycles.